The summed E-state index contributed by atoms with van der Waals surface area (Å²) < 4.78 is 18.5. The lowest BCUT2D eigenvalue weighted by atomic mass is 9.87. The van der Waals surface area contributed by atoms with E-state index in [0.717, 1.165) is 56.2 Å². The summed E-state index contributed by atoms with van der Waals surface area (Å²) in [6.45, 7) is 15.9. The van der Waals surface area contributed by atoms with Crippen molar-refractivity contribution >= 4 is 23.6 Å². The zero-order valence-corrected chi connectivity index (χ0v) is 42.3. The molecule has 4 N–H and O–H groups in total. The van der Waals surface area contributed by atoms with Gasteiger partial charge in [-0.2, -0.15) is 0 Å². The van der Waals surface area contributed by atoms with Gasteiger partial charge in [-0.25, -0.2) is 0 Å². The summed E-state index contributed by atoms with van der Waals surface area (Å²) in [4.78, 5) is 62.9. The van der Waals surface area contributed by atoms with Crippen LogP contribution in [0.1, 0.15) is 117 Å². The quantitative estimate of drug-likeness (QED) is 0.0658. The number of nitrogens with two attached hydrogens (primary N) is 1. The number of ether oxygens (including phenoxy) is 2. The highest BCUT2D eigenvalue weighted by Gasteiger charge is 2.44. The van der Waals surface area contributed by atoms with Crippen molar-refractivity contribution in [2.75, 3.05) is 47.9 Å². The molecule has 67 heavy (non-hydrogen) atoms. The Kier molecular flexibility index (Phi) is 22.6. The molecular weight excluding hydrogens is 849 g/mol. The van der Waals surface area contributed by atoms with Crippen molar-refractivity contribution in [3.8, 4) is 11.5 Å². The zero-order chi connectivity index (χ0) is 49.2. The second-order valence-electron chi connectivity index (χ2n) is 19.3. The van der Waals surface area contributed by atoms with Gasteiger partial charge in [-0.15, -0.1) is 10.2 Å². The number of carbonyl (C=O) groups excluding carboxylic acids is 4. The molecule has 372 valence electrons. The fraction of sp³-hybridized carbons (Fsp3) is 0.654. The van der Waals surface area contributed by atoms with Gasteiger partial charge < -0.3 is 29.8 Å². The van der Waals surface area contributed by atoms with Crippen molar-refractivity contribution in [2.24, 2.45) is 29.4 Å². The molecule has 1 saturated heterocycles. The number of nitrogens with one attached hydrogen (secondary N) is 2. The third-order valence-corrected chi connectivity index (χ3v) is 13.7. The van der Waals surface area contributed by atoms with Crippen LogP contribution in [0.3, 0.4) is 0 Å². The van der Waals surface area contributed by atoms with Gasteiger partial charge >= 0.3 is 0 Å². The molecule has 4 rings (SSSR count). The number of unbranched alkanes of at least 4 members (excludes halogenated alkanes) is 3. The topological polar surface area (TPSA) is 185 Å². The SMILES string of the molecule is CC[C@H](C)[C@@H]([C@@H](CC(=O)N1CCC[C@H]1[C@H](OC)[C@@H](C)C(=O)N[C@@H](Cc1ccccc1)c1nnc(-c2ccccc2)o1)OC)N(C)[C@H](C(=O)NC(=O)[C@H](C(C)C)N(C)CCCCCCN)C(C)C. The van der Waals surface area contributed by atoms with E-state index in [-0.39, 0.29) is 65.8 Å². The van der Waals surface area contributed by atoms with Crippen molar-refractivity contribution in [1.29, 1.82) is 0 Å². The molecule has 9 atom stereocenters. The van der Waals surface area contributed by atoms with Crippen LogP contribution in [-0.4, -0.2) is 133 Å². The molecule has 0 aliphatic carbocycles. The predicted molar refractivity (Wildman–Crippen MR) is 262 cm³/mol. The first-order valence-corrected chi connectivity index (χ1v) is 24.6. The van der Waals surface area contributed by atoms with Gasteiger partial charge in [0.1, 0.15) is 6.04 Å². The number of carbonyl (C=O) groups is 4. The number of hydrogen-bond acceptors (Lipinski definition) is 12. The number of nitrogens with zero attached hydrogens (tertiary/aromatic N) is 5. The largest absolute Gasteiger partial charge is 0.418 e. The molecule has 0 saturated carbocycles. The molecule has 2 aromatic carbocycles. The van der Waals surface area contributed by atoms with Crippen LogP contribution in [0.5, 0.6) is 0 Å². The average molecular weight is 931 g/mol. The molecule has 4 amide bonds. The van der Waals surface area contributed by atoms with E-state index < -0.39 is 36.3 Å². The molecule has 3 aromatic rings. The first kappa shape index (κ1) is 55.1. The van der Waals surface area contributed by atoms with Crippen molar-refractivity contribution in [3.63, 3.8) is 0 Å². The summed E-state index contributed by atoms with van der Waals surface area (Å²) in [5, 5.41) is 14.6. The van der Waals surface area contributed by atoms with E-state index in [1.54, 1.807) is 14.2 Å². The smallest absolute Gasteiger partial charge is 0.247 e. The molecule has 15 nitrogen and oxygen atoms in total. The molecule has 1 aliphatic heterocycles. The predicted octanol–water partition coefficient (Wildman–Crippen LogP) is 6.67. The minimum atomic E-state index is -0.676. The number of likely N-dealkylation sites (N-methyl/N-ethyl adjacent to an activating group) is 2. The first-order chi connectivity index (χ1) is 32.1. The molecule has 2 heterocycles. The maximum absolute atomic E-state index is 14.6. The summed E-state index contributed by atoms with van der Waals surface area (Å²) in [7, 11) is 7.04. The first-order valence-electron chi connectivity index (χ1n) is 24.6. The van der Waals surface area contributed by atoms with Crippen LogP contribution >= 0.6 is 0 Å². The highest BCUT2D eigenvalue weighted by Crippen LogP contribution is 2.31. The van der Waals surface area contributed by atoms with Gasteiger partial charge in [-0.1, -0.05) is 116 Å². The Morgan fingerprint density at radius 1 is 0.836 bits per heavy atom. The van der Waals surface area contributed by atoms with Gasteiger partial charge in [-0.3, -0.25) is 34.3 Å². The van der Waals surface area contributed by atoms with E-state index in [9.17, 15) is 19.2 Å². The molecular formula is C52H82N8O7. The number of amides is 4. The van der Waals surface area contributed by atoms with Crippen molar-refractivity contribution in [3.05, 3.63) is 72.1 Å². The van der Waals surface area contributed by atoms with Crippen molar-refractivity contribution in [1.82, 2.24) is 35.5 Å². The third kappa shape index (κ3) is 15.2. The molecule has 0 bridgehead atoms. The lowest BCUT2D eigenvalue weighted by molar-refractivity contribution is -0.144. The number of benzene rings is 2. The van der Waals surface area contributed by atoms with Gasteiger partial charge in [0.2, 0.25) is 35.4 Å². The van der Waals surface area contributed by atoms with Crippen LogP contribution in [0, 0.1) is 23.7 Å². The van der Waals surface area contributed by atoms with Gasteiger partial charge in [0.15, 0.2) is 0 Å². The Morgan fingerprint density at radius 2 is 1.46 bits per heavy atom. The van der Waals surface area contributed by atoms with E-state index in [2.05, 4.69) is 34.7 Å². The number of likely N-dealkylation sites (tertiary alicyclic amines) is 1. The number of methoxy groups -OCH3 is 2. The molecule has 1 fully saturated rings. The second-order valence-corrected chi connectivity index (χ2v) is 19.3. The normalized spacial score (nSPS) is 17.9. The van der Waals surface area contributed by atoms with Crippen LogP contribution < -0.4 is 16.4 Å². The molecule has 0 unspecified atom stereocenters. The summed E-state index contributed by atoms with van der Waals surface area (Å²) in [6.07, 6.45) is 5.48. The second kappa shape index (κ2) is 27.5. The monoisotopic (exact) mass is 931 g/mol. The maximum Gasteiger partial charge on any atom is 0.247 e. The molecule has 15 heteroatoms. The highest BCUT2D eigenvalue weighted by molar-refractivity contribution is 6.00. The van der Waals surface area contributed by atoms with Crippen LogP contribution in [0.4, 0.5) is 0 Å². The third-order valence-electron chi connectivity index (χ3n) is 13.7. The molecule has 1 aromatic heterocycles. The van der Waals surface area contributed by atoms with Crippen LogP contribution in [0.15, 0.2) is 65.1 Å². The standard InChI is InChI=1S/C52H82N8O7/c1-12-36(6)46(59(9)45(35(4)5)50(64)55-49(63)44(34(2)3)58(8)30-22-14-13-21-29-53)42(65-10)33-43(61)60-31-23-28-41(60)47(66-11)37(7)48(62)54-40(32-38-24-17-15-18-25-38)52-57-56-51(67-52)39-26-19-16-20-27-39/h15-20,24-27,34-37,40-42,44-47H,12-14,21-23,28-33,53H2,1-11H3,(H,54,62)(H,55,63,64)/t36-,37+,40-,41-,42+,44-,45-,46-,47+/m0/s1. The number of aromatic nitrogens is 2. The summed E-state index contributed by atoms with van der Waals surface area (Å²) in [5.41, 5.74) is 7.44. The number of imide groups is 1. The summed E-state index contributed by atoms with van der Waals surface area (Å²) in [6, 6.07) is 16.8. The van der Waals surface area contributed by atoms with Crippen molar-refractivity contribution in [2.45, 2.75) is 149 Å². The van der Waals surface area contributed by atoms with E-state index in [0.29, 0.717) is 31.8 Å². The lowest BCUT2D eigenvalue weighted by Gasteiger charge is -2.43. The van der Waals surface area contributed by atoms with E-state index in [1.807, 2.05) is 124 Å². The minimum Gasteiger partial charge on any atom is -0.418 e. The Morgan fingerprint density at radius 3 is 2.06 bits per heavy atom. The van der Waals surface area contributed by atoms with E-state index >= 15 is 0 Å². The minimum absolute atomic E-state index is 0.0138. The van der Waals surface area contributed by atoms with E-state index in [1.165, 1.54) is 0 Å². The average Bonchev–Trinajstić information content (AvgIpc) is 4.00. The van der Waals surface area contributed by atoms with Gasteiger partial charge in [0, 0.05) is 38.8 Å². The van der Waals surface area contributed by atoms with Crippen LogP contribution in [0.2, 0.25) is 0 Å². The Labute approximate surface area is 400 Å². The molecule has 1 aliphatic rings. The molecule has 0 spiro atoms. The maximum atomic E-state index is 14.6. The Balaban J connectivity index is 1.50. The van der Waals surface area contributed by atoms with Gasteiger partial charge in [0.25, 0.3) is 0 Å². The number of hydrogen-bond donors (Lipinski definition) is 3. The van der Waals surface area contributed by atoms with Crippen LogP contribution in [-0.2, 0) is 35.1 Å². The Bertz CT molecular complexity index is 1950. The fourth-order valence-electron chi connectivity index (χ4n) is 10.0. The summed E-state index contributed by atoms with van der Waals surface area (Å²) >= 11 is 0. The van der Waals surface area contributed by atoms with Crippen molar-refractivity contribution < 1.29 is 33.1 Å². The molecule has 0 radical (unpaired) electrons. The van der Waals surface area contributed by atoms with Gasteiger partial charge in [0.05, 0.1) is 42.7 Å². The fourth-order valence-corrected chi connectivity index (χ4v) is 10.0. The summed E-state index contributed by atoms with van der Waals surface area (Å²) in [5.74, 6) is -1.20. The lowest BCUT2D eigenvalue weighted by Crippen LogP contribution is -2.60. The zero-order valence-electron chi connectivity index (χ0n) is 42.3. The van der Waals surface area contributed by atoms with Crippen LogP contribution in [0.25, 0.3) is 11.5 Å². The number of rotatable bonds is 28. The Hall–Kier alpha value is -4.54. The highest BCUT2D eigenvalue weighted by atomic mass is 16.5. The van der Waals surface area contributed by atoms with Gasteiger partial charge in [-0.05, 0) is 88.3 Å². The van der Waals surface area contributed by atoms with E-state index in [4.69, 9.17) is 19.6 Å².